The number of anilines is 1. The van der Waals surface area contributed by atoms with Crippen LogP contribution in [0.2, 0.25) is 5.02 Å². The Morgan fingerprint density at radius 2 is 1.79 bits per heavy atom. The molecule has 4 nitrogen and oxygen atoms in total. The molecule has 0 aliphatic rings. The summed E-state index contributed by atoms with van der Waals surface area (Å²) in [6.45, 7) is 6.85. The molecule has 0 radical (unpaired) electrons. The van der Waals surface area contributed by atoms with Crippen molar-refractivity contribution < 1.29 is 9.53 Å². The Hall–Kier alpha value is -2.20. The number of hydrogen-bond donors (Lipinski definition) is 2. The Kier molecular flexibility index (Phi) is 5.73. The zero-order valence-electron chi connectivity index (χ0n) is 14.4. The van der Waals surface area contributed by atoms with Crippen molar-refractivity contribution in [3.05, 3.63) is 58.6 Å². The molecular formula is C19H23ClN2O2. The van der Waals surface area contributed by atoms with Gasteiger partial charge in [-0.3, -0.25) is 0 Å². The SMILES string of the molecule is COc1ccc(CNC(=O)Nc2ccc(Cl)cc2)c(C(C)(C)C)c1. The lowest BCUT2D eigenvalue weighted by Crippen LogP contribution is -2.29. The fourth-order valence-electron chi connectivity index (χ4n) is 2.42. The summed E-state index contributed by atoms with van der Waals surface area (Å²) in [6.07, 6.45) is 0. The average Bonchev–Trinajstić information content (AvgIpc) is 2.54. The van der Waals surface area contributed by atoms with Gasteiger partial charge in [-0.25, -0.2) is 4.79 Å². The molecule has 0 fully saturated rings. The lowest BCUT2D eigenvalue weighted by atomic mass is 9.83. The van der Waals surface area contributed by atoms with Crippen LogP contribution < -0.4 is 15.4 Å². The standard InChI is InChI=1S/C19H23ClN2O2/c1-19(2,3)17-11-16(24-4)10-5-13(17)12-21-18(23)22-15-8-6-14(20)7-9-15/h5-11H,12H2,1-4H3,(H2,21,22,23). The number of urea groups is 1. The molecule has 0 bridgehead atoms. The molecule has 5 heteroatoms. The molecule has 2 N–H and O–H groups in total. The molecule has 0 atom stereocenters. The maximum atomic E-state index is 12.1. The molecular weight excluding hydrogens is 324 g/mol. The van der Waals surface area contributed by atoms with E-state index in [1.54, 1.807) is 31.4 Å². The lowest BCUT2D eigenvalue weighted by Gasteiger charge is -2.24. The molecule has 2 aromatic rings. The van der Waals surface area contributed by atoms with E-state index in [9.17, 15) is 4.79 Å². The minimum Gasteiger partial charge on any atom is -0.497 e. The van der Waals surface area contributed by atoms with Crippen LogP contribution in [0, 0.1) is 0 Å². The zero-order valence-corrected chi connectivity index (χ0v) is 15.2. The molecule has 2 amide bonds. The van der Waals surface area contributed by atoms with E-state index in [2.05, 4.69) is 31.4 Å². The number of rotatable bonds is 4. The number of amides is 2. The van der Waals surface area contributed by atoms with Gasteiger partial charge in [0.15, 0.2) is 0 Å². The molecule has 0 aromatic heterocycles. The van der Waals surface area contributed by atoms with Crippen LogP contribution in [0.5, 0.6) is 5.75 Å². The first-order valence-corrected chi connectivity index (χ1v) is 8.15. The largest absolute Gasteiger partial charge is 0.497 e. The summed E-state index contributed by atoms with van der Waals surface area (Å²) in [6, 6.07) is 12.6. The molecule has 0 aliphatic carbocycles. The first-order chi connectivity index (χ1) is 11.3. The van der Waals surface area contributed by atoms with E-state index < -0.39 is 0 Å². The summed E-state index contributed by atoms with van der Waals surface area (Å²) in [5, 5.41) is 6.31. The van der Waals surface area contributed by atoms with E-state index in [1.165, 1.54) is 0 Å². The number of benzene rings is 2. The van der Waals surface area contributed by atoms with Gasteiger partial charge in [0, 0.05) is 17.3 Å². The third-order valence-corrected chi connectivity index (χ3v) is 3.92. The van der Waals surface area contributed by atoms with Gasteiger partial charge in [-0.1, -0.05) is 38.4 Å². The van der Waals surface area contributed by atoms with Crippen molar-refractivity contribution in [2.75, 3.05) is 12.4 Å². The molecule has 24 heavy (non-hydrogen) atoms. The van der Waals surface area contributed by atoms with E-state index >= 15 is 0 Å². The summed E-state index contributed by atoms with van der Waals surface area (Å²) >= 11 is 5.84. The average molecular weight is 347 g/mol. The van der Waals surface area contributed by atoms with Gasteiger partial charge in [0.05, 0.1) is 7.11 Å². The Morgan fingerprint density at radius 1 is 1.12 bits per heavy atom. The Labute approximate surface area is 148 Å². The smallest absolute Gasteiger partial charge is 0.319 e. The number of ether oxygens (including phenoxy) is 1. The van der Waals surface area contributed by atoms with Gasteiger partial charge in [0.2, 0.25) is 0 Å². The minimum atomic E-state index is -0.256. The molecule has 2 rings (SSSR count). The highest BCUT2D eigenvalue weighted by molar-refractivity contribution is 6.30. The Morgan fingerprint density at radius 3 is 2.38 bits per heavy atom. The van der Waals surface area contributed by atoms with E-state index in [0.29, 0.717) is 17.3 Å². The van der Waals surface area contributed by atoms with Crippen LogP contribution in [-0.2, 0) is 12.0 Å². The molecule has 0 aliphatic heterocycles. The highest BCUT2D eigenvalue weighted by Gasteiger charge is 2.19. The van der Waals surface area contributed by atoms with Crippen molar-refractivity contribution in [2.45, 2.75) is 32.7 Å². The summed E-state index contributed by atoms with van der Waals surface area (Å²) in [5.41, 5.74) is 2.86. The van der Waals surface area contributed by atoms with Crippen molar-refractivity contribution in [3.8, 4) is 5.75 Å². The molecule has 0 heterocycles. The van der Waals surface area contributed by atoms with Crippen LogP contribution in [0.15, 0.2) is 42.5 Å². The zero-order chi connectivity index (χ0) is 17.7. The van der Waals surface area contributed by atoms with Crippen molar-refractivity contribution in [1.82, 2.24) is 5.32 Å². The maximum absolute atomic E-state index is 12.1. The quantitative estimate of drug-likeness (QED) is 0.821. The predicted octanol–water partition coefficient (Wildman–Crippen LogP) is 4.97. The van der Waals surface area contributed by atoms with Crippen molar-refractivity contribution in [3.63, 3.8) is 0 Å². The Bertz CT molecular complexity index is 706. The van der Waals surface area contributed by atoms with Crippen molar-refractivity contribution in [2.24, 2.45) is 0 Å². The number of nitrogens with one attached hydrogen (secondary N) is 2. The van der Waals surface area contributed by atoms with Gasteiger partial charge < -0.3 is 15.4 Å². The number of halogens is 1. The second-order valence-corrected chi connectivity index (χ2v) is 7.02. The second kappa shape index (κ2) is 7.58. The highest BCUT2D eigenvalue weighted by atomic mass is 35.5. The summed E-state index contributed by atoms with van der Waals surface area (Å²) < 4.78 is 5.31. The third-order valence-electron chi connectivity index (χ3n) is 3.67. The topological polar surface area (TPSA) is 50.4 Å². The van der Waals surface area contributed by atoms with Gasteiger partial charge in [-0.05, 0) is 52.9 Å². The van der Waals surface area contributed by atoms with Crippen LogP contribution in [0.25, 0.3) is 0 Å². The van der Waals surface area contributed by atoms with E-state index in [1.807, 2.05) is 18.2 Å². The fourth-order valence-corrected chi connectivity index (χ4v) is 2.54. The summed E-state index contributed by atoms with van der Waals surface area (Å²) in [4.78, 5) is 12.1. The first kappa shape index (κ1) is 18.1. The molecule has 0 saturated carbocycles. The van der Waals surface area contributed by atoms with Gasteiger partial charge >= 0.3 is 6.03 Å². The van der Waals surface area contributed by atoms with E-state index in [0.717, 1.165) is 16.9 Å². The molecule has 0 saturated heterocycles. The normalized spacial score (nSPS) is 11.0. The summed E-state index contributed by atoms with van der Waals surface area (Å²) in [5.74, 6) is 0.814. The minimum absolute atomic E-state index is 0.0434. The maximum Gasteiger partial charge on any atom is 0.319 e. The molecule has 128 valence electrons. The van der Waals surface area contributed by atoms with Crippen LogP contribution in [0.3, 0.4) is 0 Å². The van der Waals surface area contributed by atoms with E-state index in [-0.39, 0.29) is 11.4 Å². The number of methoxy groups -OCH3 is 1. The first-order valence-electron chi connectivity index (χ1n) is 7.77. The van der Waals surface area contributed by atoms with Gasteiger partial charge in [-0.2, -0.15) is 0 Å². The number of carbonyl (C=O) groups is 1. The number of hydrogen-bond acceptors (Lipinski definition) is 2. The predicted molar refractivity (Wildman–Crippen MR) is 99.0 cm³/mol. The summed E-state index contributed by atoms with van der Waals surface area (Å²) in [7, 11) is 1.65. The third kappa shape index (κ3) is 4.90. The lowest BCUT2D eigenvalue weighted by molar-refractivity contribution is 0.251. The fraction of sp³-hybridized carbons (Fsp3) is 0.316. The molecule has 0 unspecified atom stereocenters. The van der Waals surface area contributed by atoms with Gasteiger partial charge in [0.25, 0.3) is 0 Å². The second-order valence-electron chi connectivity index (χ2n) is 6.59. The van der Waals surface area contributed by atoms with Gasteiger partial charge in [0.1, 0.15) is 5.75 Å². The van der Waals surface area contributed by atoms with Crippen molar-refractivity contribution in [1.29, 1.82) is 0 Å². The van der Waals surface area contributed by atoms with Crippen LogP contribution >= 0.6 is 11.6 Å². The van der Waals surface area contributed by atoms with Crippen LogP contribution in [-0.4, -0.2) is 13.1 Å². The number of carbonyl (C=O) groups excluding carboxylic acids is 1. The van der Waals surface area contributed by atoms with Crippen LogP contribution in [0.1, 0.15) is 31.9 Å². The van der Waals surface area contributed by atoms with Crippen molar-refractivity contribution >= 4 is 23.3 Å². The molecule has 0 spiro atoms. The van der Waals surface area contributed by atoms with E-state index in [4.69, 9.17) is 16.3 Å². The van der Waals surface area contributed by atoms with Gasteiger partial charge in [-0.15, -0.1) is 0 Å². The monoisotopic (exact) mass is 346 g/mol. The van der Waals surface area contributed by atoms with Crippen LogP contribution in [0.4, 0.5) is 10.5 Å². The Balaban J connectivity index is 2.05. The molecule has 2 aromatic carbocycles. The highest BCUT2D eigenvalue weighted by Crippen LogP contribution is 2.29.